The summed E-state index contributed by atoms with van der Waals surface area (Å²) in [6, 6.07) is 8.20. The van der Waals surface area contributed by atoms with Crippen LogP contribution in [-0.4, -0.2) is 26.7 Å². The van der Waals surface area contributed by atoms with Gasteiger partial charge in [-0.15, -0.1) is 0 Å². The lowest BCUT2D eigenvalue weighted by Crippen LogP contribution is -2.18. The van der Waals surface area contributed by atoms with Gasteiger partial charge in [0, 0.05) is 20.2 Å². The third-order valence-electron chi connectivity index (χ3n) is 2.40. The second-order valence-electron chi connectivity index (χ2n) is 3.75. The maximum Gasteiger partial charge on any atom is 0.306 e. The molecule has 0 fully saturated rings. The summed E-state index contributed by atoms with van der Waals surface area (Å²) in [6.07, 6.45) is 0.401. The van der Waals surface area contributed by atoms with Crippen molar-refractivity contribution in [2.24, 2.45) is 0 Å². The molecule has 0 aliphatic carbocycles. The molecule has 4 heteroatoms. The monoisotopic (exact) mass is 237 g/mol. The predicted octanol–water partition coefficient (Wildman–Crippen LogP) is 1.49. The van der Waals surface area contributed by atoms with E-state index in [2.05, 4.69) is 22.2 Å². The molecule has 0 saturated carbocycles. The molecule has 0 aliphatic rings. The zero-order valence-electron chi connectivity index (χ0n) is 10.4. The van der Waals surface area contributed by atoms with Gasteiger partial charge >= 0.3 is 5.97 Å². The van der Waals surface area contributed by atoms with Crippen molar-refractivity contribution in [2.75, 3.05) is 20.8 Å². The van der Waals surface area contributed by atoms with E-state index in [0.29, 0.717) is 19.6 Å². The van der Waals surface area contributed by atoms with Crippen molar-refractivity contribution in [1.29, 1.82) is 0 Å². The standard InChI is InChI=1S/C13H19NO3/c1-16-10-12-5-3-11(4-6-12)9-14-8-7-13(15)17-2/h3-6,14H,7-10H2,1-2H3. The SMILES string of the molecule is COCc1ccc(CNCCC(=O)OC)cc1. The summed E-state index contributed by atoms with van der Waals surface area (Å²) in [6.45, 7) is 2.02. The van der Waals surface area contributed by atoms with Gasteiger partial charge < -0.3 is 14.8 Å². The quantitative estimate of drug-likeness (QED) is 0.576. The van der Waals surface area contributed by atoms with Gasteiger partial charge in [0.1, 0.15) is 0 Å². The van der Waals surface area contributed by atoms with Gasteiger partial charge in [-0.1, -0.05) is 24.3 Å². The second-order valence-corrected chi connectivity index (χ2v) is 3.75. The van der Waals surface area contributed by atoms with E-state index < -0.39 is 0 Å². The average Bonchev–Trinajstić information content (AvgIpc) is 2.36. The highest BCUT2D eigenvalue weighted by Gasteiger charge is 1.99. The van der Waals surface area contributed by atoms with Crippen LogP contribution in [0.2, 0.25) is 0 Å². The first-order valence-electron chi connectivity index (χ1n) is 5.60. The molecule has 0 amide bonds. The van der Waals surface area contributed by atoms with E-state index in [1.165, 1.54) is 12.7 Å². The second kappa shape index (κ2) is 7.81. The van der Waals surface area contributed by atoms with Gasteiger partial charge in [-0.2, -0.15) is 0 Å². The van der Waals surface area contributed by atoms with Crippen molar-refractivity contribution in [1.82, 2.24) is 5.32 Å². The van der Waals surface area contributed by atoms with E-state index in [0.717, 1.165) is 12.1 Å². The first-order chi connectivity index (χ1) is 8.26. The normalized spacial score (nSPS) is 10.2. The van der Waals surface area contributed by atoms with Crippen LogP contribution >= 0.6 is 0 Å². The number of esters is 1. The molecule has 0 bridgehead atoms. The van der Waals surface area contributed by atoms with Crippen LogP contribution < -0.4 is 5.32 Å². The molecule has 94 valence electrons. The minimum Gasteiger partial charge on any atom is -0.469 e. The van der Waals surface area contributed by atoms with Crippen molar-refractivity contribution in [3.05, 3.63) is 35.4 Å². The highest BCUT2D eigenvalue weighted by atomic mass is 16.5. The highest BCUT2D eigenvalue weighted by Crippen LogP contribution is 2.05. The maximum atomic E-state index is 10.9. The van der Waals surface area contributed by atoms with Crippen molar-refractivity contribution < 1.29 is 14.3 Å². The van der Waals surface area contributed by atoms with Crippen LogP contribution in [0.1, 0.15) is 17.5 Å². The van der Waals surface area contributed by atoms with Gasteiger partial charge in [0.2, 0.25) is 0 Å². The number of hydrogen-bond acceptors (Lipinski definition) is 4. The average molecular weight is 237 g/mol. The summed E-state index contributed by atoms with van der Waals surface area (Å²) in [7, 11) is 3.08. The fraction of sp³-hybridized carbons (Fsp3) is 0.462. The molecular formula is C13H19NO3. The number of hydrogen-bond donors (Lipinski definition) is 1. The highest BCUT2D eigenvalue weighted by molar-refractivity contribution is 5.69. The number of carbonyl (C=O) groups excluding carboxylic acids is 1. The molecule has 4 nitrogen and oxygen atoms in total. The Morgan fingerprint density at radius 3 is 2.41 bits per heavy atom. The first kappa shape index (κ1) is 13.7. The Bertz CT molecular complexity index is 335. The molecule has 1 aromatic carbocycles. The molecule has 1 aromatic rings. The van der Waals surface area contributed by atoms with Gasteiger partial charge in [-0.25, -0.2) is 0 Å². The van der Waals surface area contributed by atoms with Crippen LogP contribution in [0.4, 0.5) is 0 Å². The van der Waals surface area contributed by atoms with Crippen molar-refractivity contribution >= 4 is 5.97 Å². The minimum atomic E-state index is -0.187. The van der Waals surface area contributed by atoms with Gasteiger partial charge in [-0.3, -0.25) is 4.79 Å². The number of rotatable bonds is 7. The first-order valence-corrected chi connectivity index (χ1v) is 5.60. The Kier molecular flexibility index (Phi) is 6.29. The third kappa shape index (κ3) is 5.47. The van der Waals surface area contributed by atoms with Crippen LogP contribution in [0.15, 0.2) is 24.3 Å². The molecule has 0 radical (unpaired) electrons. The molecule has 0 saturated heterocycles. The number of nitrogens with one attached hydrogen (secondary N) is 1. The smallest absolute Gasteiger partial charge is 0.306 e. The predicted molar refractivity (Wildman–Crippen MR) is 65.5 cm³/mol. The largest absolute Gasteiger partial charge is 0.469 e. The van der Waals surface area contributed by atoms with Crippen molar-refractivity contribution in [3.8, 4) is 0 Å². The summed E-state index contributed by atoms with van der Waals surface area (Å²) < 4.78 is 9.59. The van der Waals surface area contributed by atoms with E-state index in [4.69, 9.17) is 4.74 Å². The van der Waals surface area contributed by atoms with Gasteiger partial charge in [-0.05, 0) is 11.1 Å². The lowest BCUT2D eigenvalue weighted by molar-refractivity contribution is -0.140. The molecule has 0 aromatic heterocycles. The number of carbonyl (C=O) groups is 1. The van der Waals surface area contributed by atoms with Gasteiger partial charge in [0.25, 0.3) is 0 Å². The summed E-state index contributed by atoms with van der Waals surface area (Å²) >= 11 is 0. The third-order valence-corrected chi connectivity index (χ3v) is 2.40. The Morgan fingerprint density at radius 2 is 1.82 bits per heavy atom. The maximum absolute atomic E-state index is 10.9. The molecule has 1 N–H and O–H groups in total. The van der Waals surface area contributed by atoms with Gasteiger partial charge in [0.05, 0.1) is 20.1 Å². The van der Waals surface area contributed by atoms with Crippen molar-refractivity contribution in [2.45, 2.75) is 19.6 Å². The zero-order chi connectivity index (χ0) is 12.5. The number of ether oxygens (including phenoxy) is 2. The Labute approximate surface area is 102 Å². The molecule has 1 rings (SSSR count). The van der Waals surface area contributed by atoms with Crippen molar-refractivity contribution in [3.63, 3.8) is 0 Å². The Hall–Kier alpha value is -1.39. The molecule has 0 heterocycles. The fourth-order valence-electron chi connectivity index (χ4n) is 1.45. The van der Waals surface area contributed by atoms with Crippen LogP contribution in [0.3, 0.4) is 0 Å². The molecule has 0 unspecified atom stereocenters. The molecular weight excluding hydrogens is 218 g/mol. The van der Waals surface area contributed by atoms with Crippen LogP contribution in [0.25, 0.3) is 0 Å². The van der Waals surface area contributed by atoms with Crippen LogP contribution in [-0.2, 0) is 27.4 Å². The van der Waals surface area contributed by atoms with E-state index in [-0.39, 0.29) is 5.97 Å². The summed E-state index contributed by atoms with van der Waals surface area (Å²) in [5.74, 6) is -0.187. The summed E-state index contributed by atoms with van der Waals surface area (Å²) in [5.41, 5.74) is 2.35. The van der Waals surface area contributed by atoms with E-state index >= 15 is 0 Å². The molecule has 0 spiro atoms. The molecule has 17 heavy (non-hydrogen) atoms. The fourth-order valence-corrected chi connectivity index (χ4v) is 1.45. The van der Waals surface area contributed by atoms with Crippen LogP contribution in [0, 0.1) is 0 Å². The minimum absolute atomic E-state index is 0.187. The van der Waals surface area contributed by atoms with E-state index in [1.807, 2.05) is 12.1 Å². The lowest BCUT2D eigenvalue weighted by Gasteiger charge is -2.05. The zero-order valence-corrected chi connectivity index (χ0v) is 10.4. The summed E-state index contributed by atoms with van der Waals surface area (Å²) in [4.78, 5) is 10.9. The lowest BCUT2D eigenvalue weighted by atomic mass is 10.1. The molecule has 0 atom stereocenters. The summed E-state index contributed by atoms with van der Waals surface area (Å²) in [5, 5.41) is 3.19. The Balaban J connectivity index is 2.25. The van der Waals surface area contributed by atoms with Gasteiger partial charge in [0.15, 0.2) is 0 Å². The van der Waals surface area contributed by atoms with Crippen LogP contribution in [0.5, 0.6) is 0 Å². The number of benzene rings is 1. The topological polar surface area (TPSA) is 47.6 Å². The van der Waals surface area contributed by atoms with E-state index in [9.17, 15) is 4.79 Å². The Morgan fingerprint density at radius 1 is 1.18 bits per heavy atom. The molecule has 0 aliphatic heterocycles. The van der Waals surface area contributed by atoms with E-state index in [1.54, 1.807) is 7.11 Å². The number of methoxy groups -OCH3 is 2.